The Bertz CT molecular complexity index is 483. The van der Waals surface area contributed by atoms with Gasteiger partial charge in [-0.15, -0.1) is 11.8 Å². The molecular weight excluding hydrogens is 360 g/mol. The van der Waals surface area contributed by atoms with Gasteiger partial charge < -0.3 is 9.16 Å². The number of esters is 1. The van der Waals surface area contributed by atoms with Crippen molar-refractivity contribution in [3.05, 3.63) is 11.0 Å². The summed E-state index contributed by atoms with van der Waals surface area (Å²) in [4.78, 5) is 24.0. The van der Waals surface area contributed by atoms with E-state index in [1.165, 1.54) is 7.11 Å². The molecule has 0 heterocycles. The topological polar surface area (TPSA) is 52.6 Å². The number of hydrogen-bond donors (Lipinski definition) is 0. The normalized spacial score (nSPS) is 18.7. The van der Waals surface area contributed by atoms with Crippen LogP contribution >= 0.6 is 23.5 Å². The Hall–Kier alpha value is -0.243. The number of Topliss-reactive ketones (excluding diaryl/α,β-unsaturated/α-hetero) is 1. The average molecular weight is 391 g/mol. The second kappa shape index (κ2) is 9.45. The van der Waals surface area contributed by atoms with Crippen LogP contribution in [0, 0.1) is 0 Å². The first-order chi connectivity index (χ1) is 11.1. The second-order valence-corrected chi connectivity index (χ2v) is 14.4. The van der Waals surface area contributed by atoms with Crippen molar-refractivity contribution in [1.29, 1.82) is 0 Å². The lowest BCUT2D eigenvalue weighted by atomic mass is 10.2. The van der Waals surface area contributed by atoms with Crippen LogP contribution in [0.1, 0.15) is 33.6 Å². The molecule has 0 fully saturated rings. The minimum atomic E-state index is -1.85. The minimum absolute atomic E-state index is 0.0606. The van der Waals surface area contributed by atoms with Crippen LogP contribution in [0.5, 0.6) is 0 Å². The molecule has 0 aliphatic heterocycles. The van der Waals surface area contributed by atoms with Crippen LogP contribution in [0.2, 0.25) is 18.1 Å². The van der Waals surface area contributed by atoms with E-state index in [0.717, 1.165) is 22.8 Å². The summed E-state index contributed by atoms with van der Waals surface area (Å²) in [5, 5.41) is 0.149. The van der Waals surface area contributed by atoms with Gasteiger partial charge in [-0.3, -0.25) is 9.59 Å². The summed E-state index contributed by atoms with van der Waals surface area (Å²) in [6.45, 7) is 11.1. The van der Waals surface area contributed by atoms with Gasteiger partial charge in [-0.2, -0.15) is 11.8 Å². The Balaban J connectivity index is 2.36. The maximum absolute atomic E-state index is 12.1. The largest absolute Gasteiger partial charge is 0.468 e. The molecule has 0 aromatic rings. The van der Waals surface area contributed by atoms with Gasteiger partial charge in [0.1, 0.15) is 0 Å². The first kappa shape index (κ1) is 21.8. The van der Waals surface area contributed by atoms with Crippen LogP contribution in [-0.4, -0.2) is 50.5 Å². The number of allylic oxidation sites excluding steroid dienone is 1. The highest BCUT2D eigenvalue weighted by molar-refractivity contribution is 8.04. The summed E-state index contributed by atoms with van der Waals surface area (Å²) in [6, 6.07) is 0. The zero-order valence-corrected chi connectivity index (χ0v) is 18.3. The molecule has 0 bridgehead atoms. The van der Waals surface area contributed by atoms with E-state index in [1.807, 2.05) is 6.08 Å². The highest BCUT2D eigenvalue weighted by Crippen LogP contribution is 2.39. The number of ketones is 1. The van der Waals surface area contributed by atoms with Gasteiger partial charge in [-0.1, -0.05) is 20.8 Å². The molecule has 4 nitrogen and oxygen atoms in total. The monoisotopic (exact) mass is 390 g/mol. The van der Waals surface area contributed by atoms with E-state index in [-0.39, 0.29) is 22.9 Å². The molecule has 24 heavy (non-hydrogen) atoms. The maximum atomic E-state index is 12.1. The fourth-order valence-corrected chi connectivity index (χ4v) is 5.14. The lowest BCUT2D eigenvalue weighted by Gasteiger charge is -2.37. The van der Waals surface area contributed by atoms with Crippen molar-refractivity contribution in [2.24, 2.45) is 0 Å². The van der Waals surface area contributed by atoms with Gasteiger partial charge in [0, 0.05) is 11.3 Å². The molecule has 0 N–H and O–H groups in total. The number of methoxy groups -OCH3 is 1. The summed E-state index contributed by atoms with van der Waals surface area (Å²) in [6.07, 6.45) is 3.39. The lowest BCUT2D eigenvalue weighted by Crippen LogP contribution is -2.43. The molecule has 7 heteroatoms. The van der Waals surface area contributed by atoms with Gasteiger partial charge in [0.25, 0.3) is 0 Å². The van der Waals surface area contributed by atoms with Crippen LogP contribution in [0.4, 0.5) is 0 Å². The van der Waals surface area contributed by atoms with E-state index in [9.17, 15) is 9.59 Å². The van der Waals surface area contributed by atoms with E-state index in [2.05, 4.69) is 38.6 Å². The van der Waals surface area contributed by atoms with Crippen LogP contribution in [0.3, 0.4) is 0 Å². The minimum Gasteiger partial charge on any atom is -0.468 e. The molecule has 0 aromatic carbocycles. The summed E-state index contributed by atoms with van der Waals surface area (Å²) in [5.41, 5.74) is 0. The van der Waals surface area contributed by atoms with E-state index in [0.29, 0.717) is 12.2 Å². The fraction of sp³-hybridized carbons (Fsp3) is 0.765. The number of carbonyl (C=O) groups is 2. The quantitative estimate of drug-likeness (QED) is 0.333. The van der Waals surface area contributed by atoms with Crippen LogP contribution in [0.25, 0.3) is 0 Å². The van der Waals surface area contributed by atoms with Crippen molar-refractivity contribution in [3.63, 3.8) is 0 Å². The van der Waals surface area contributed by atoms with Gasteiger partial charge in [-0.25, -0.2) is 0 Å². The molecular formula is C17H30O4S2Si. The van der Waals surface area contributed by atoms with Crippen molar-refractivity contribution >= 4 is 43.6 Å². The van der Waals surface area contributed by atoms with Crippen molar-refractivity contribution in [3.8, 4) is 0 Å². The SMILES string of the molecule is COC(=O)CSCCCSC1=C[C@H](O[Si](C)(C)C(C)(C)C)CC1=O. The molecule has 138 valence electrons. The standard InChI is InChI=1S/C17H30O4S2Si/c1-17(2,3)24(5,6)21-13-10-14(18)15(11-13)23-9-7-8-22-12-16(19)20-4/h11,13H,7-10,12H2,1-6H3/t13-/m1/s1. The van der Waals surface area contributed by atoms with Crippen molar-refractivity contribution in [1.82, 2.24) is 0 Å². The summed E-state index contributed by atoms with van der Waals surface area (Å²) in [7, 11) is -0.444. The molecule has 0 aromatic heterocycles. The Morgan fingerprint density at radius 2 is 2.00 bits per heavy atom. The van der Waals surface area contributed by atoms with Crippen molar-refractivity contribution in [2.45, 2.75) is 57.8 Å². The van der Waals surface area contributed by atoms with Gasteiger partial charge >= 0.3 is 5.97 Å². The molecule has 0 radical (unpaired) electrons. The summed E-state index contributed by atoms with van der Waals surface area (Å²) < 4.78 is 10.9. The number of ether oxygens (including phenoxy) is 1. The molecule has 0 spiro atoms. The zero-order valence-electron chi connectivity index (χ0n) is 15.6. The predicted molar refractivity (Wildman–Crippen MR) is 106 cm³/mol. The van der Waals surface area contributed by atoms with Crippen molar-refractivity contribution in [2.75, 3.05) is 24.4 Å². The molecule has 0 saturated carbocycles. The first-order valence-electron chi connectivity index (χ1n) is 8.27. The number of carbonyl (C=O) groups excluding carboxylic acids is 2. The second-order valence-electron chi connectivity index (χ2n) is 7.41. The molecule has 1 atom stereocenters. The zero-order chi connectivity index (χ0) is 18.4. The Labute approximate surface area is 155 Å². The van der Waals surface area contributed by atoms with Crippen LogP contribution in [-0.2, 0) is 18.8 Å². The fourth-order valence-electron chi connectivity index (χ4n) is 1.92. The first-order valence-corrected chi connectivity index (χ1v) is 13.3. The lowest BCUT2D eigenvalue weighted by molar-refractivity contribution is -0.137. The van der Waals surface area contributed by atoms with Gasteiger partial charge in [0.15, 0.2) is 14.1 Å². The molecule has 0 saturated heterocycles. The predicted octanol–water partition coefficient (Wildman–Crippen LogP) is 4.26. The molecule has 1 rings (SSSR count). The van der Waals surface area contributed by atoms with Crippen LogP contribution < -0.4 is 0 Å². The van der Waals surface area contributed by atoms with E-state index < -0.39 is 8.32 Å². The number of rotatable bonds is 9. The van der Waals surface area contributed by atoms with E-state index in [4.69, 9.17) is 4.43 Å². The number of thioether (sulfide) groups is 2. The van der Waals surface area contributed by atoms with Crippen molar-refractivity contribution < 1.29 is 18.8 Å². The molecule has 1 aliphatic rings. The molecule has 0 unspecified atom stereocenters. The molecule has 0 amide bonds. The average Bonchev–Trinajstić information content (AvgIpc) is 2.80. The third-order valence-corrected chi connectivity index (χ3v) is 11.1. The Kier molecular flexibility index (Phi) is 8.59. The summed E-state index contributed by atoms with van der Waals surface area (Å²) in [5.74, 6) is 2.19. The maximum Gasteiger partial charge on any atom is 0.315 e. The highest BCUT2D eigenvalue weighted by Gasteiger charge is 2.40. The van der Waals surface area contributed by atoms with Crippen LogP contribution in [0.15, 0.2) is 11.0 Å². The highest BCUT2D eigenvalue weighted by atomic mass is 32.2. The molecule has 1 aliphatic carbocycles. The van der Waals surface area contributed by atoms with Gasteiger partial charge in [0.05, 0.1) is 19.0 Å². The summed E-state index contributed by atoms with van der Waals surface area (Å²) >= 11 is 3.18. The Morgan fingerprint density at radius 3 is 2.58 bits per heavy atom. The van der Waals surface area contributed by atoms with Gasteiger partial charge in [0.2, 0.25) is 0 Å². The third-order valence-electron chi connectivity index (χ3n) is 4.39. The third kappa shape index (κ3) is 6.94. The number of hydrogen-bond acceptors (Lipinski definition) is 6. The van der Waals surface area contributed by atoms with E-state index in [1.54, 1.807) is 23.5 Å². The van der Waals surface area contributed by atoms with Gasteiger partial charge in [-0.05, 0) is 42.1 Å². The van der Waals surface area contributed by atoms with E-state index >= 15 is 0 Å². The Morgan fingerprint density at radius 1 is 1.33 bits per heavy atom. The smallest absolute Gasteiger partial charge is 0.315 e.